The number of hydrogen-bond donors (Lipinski definition) is 1. The Morgan fingerprint density at radius 1 is 1.13 bits per heavy atom. The molecule has 128 valence electrons. The molecule has 1 N–H and O–H groups in total. The molecule has 0 bridgehead atoms. The Kier molecular flexibility index (Phi) is 5.58. The first-order chi connectivity index (χ1) is 11.1. The lowest BCUT2D eigenvalue weighted by molar-refractivity contribution is -0.907. The normalized spacial score (nSPS) is 33.5. The van der Waals surface area contributed by atoms with Crippen LogP contribution < -0.4 is 4.90 Å². The lowest BCUT2D eigenvalue weighted by Gasteiger charge is -2.27. The van der Waals surface area contributed by atoms with Crippen LogP contribution in [0.3, 0.4) is 0 Å². The minimum Gasteiger partial charge on any atom is -0.457 e. The van der Waals surface area contributed by atoms with Gasteiger partial charge in [0.15, 0.2) is 0 Å². The van der Waals surface area contributed by atoms with Crippen LogP contribution >= 0.6 is 0 Å². The predicted molar refractivity (Wildman–Crippen MR) is 92.3 cm³/mol. The molecule has 3 heteroatoms. The van der Waals surface area contributed by atoms with Crippen molar-refractivity contribution in [3.63, 3.8) is 0 Å². The van der Waals surface area contributed by atoms with Crippen molar-refractivity contribution >= 4 is 5.97 Å². The average molecular weight is 318 g/mol. The zero-order valence-electron chi connectivity index (χ0n) is 14.8. The number of fused-ring (bicyclic) bond motifs is 1. The van der Waals surface area contributed by atoms with Gasteiger partial charge in [-0.1, -0.05) is 17.2 Å². The number of likely N-dealkylation sites (tertiary alicyclic amines) is 1. The number of piperidine rings is 1. The monoisotopic (exact) mass is 318 g/mol. The maximum atomic E-state index is 12.5. The summed E-state index contributed by atoms with van der Waals surface area (Å²) in [5.74, 6) is 0.529. The number of nitrogens with one attached hydrogen (secondary N) is 1. The summed E-state index contributed by atoms with van der Waals surface area (Å²) in [5, 5.41) is 0. The van der Waals surface area contributed by atoms with E-state index in [1.807, 2.05) is 0 Å². The third-order valence-electron chi connectivity index (χ3n) is 5.92. The molecule has 2 saturated heterocycles. The standard InChI is InChI=1S/C20H31NO2/c1-15-7-6-8-17-18(14-21-11-4-3-5-12-21)20(22)23-19(17)13-16(2)10-9-15/h7,13,17-19H,3-6,8-12,14H2,1-2H3/p+1/t17-,18-,19+/m1/s1. The zero-order valence-corrected chi connectivity index (χ0v) is 14.8. The summed E-state index contributed by atoms with van der Waals surface area (Å²) in [5.41, 5.74) is 2.85. The Morgan fingerprint density at radius 2 is 1.87 bits per heavy atom. The molecule has 3 aliphatic rings. The van der Waals surface area contributed by atoms with Crippen molar-refractivity contribution in [2.75, 3.05) is 19.6 Å². The van der Waals surface area contributed by atoms with Crippen LogP contribution in [0.2, 0.25) is 0 Å². The van der Waals surface area contributed by atoms with Crippen LogP contribution in [0.5, 0.6) is 0 Å². The number of rotatable bonds is 2. The number of ether oxygens (including phenoxy) is 1. The van der Waals surface area contributed by atoms with Gasteiger partial charge in [-0.25, -0.2) is 0 Å². The van der Waals surface area contributed by atoms with Crippen LogP contribution in [-0.2, 0) is 9.53 Å². The van der Waals surface area contributed by atoms with Crippen molar-refractivity contribution in [2.24, 2.45) is 11.8 Å². The number of hydrogen-bond acceptors (Lipinski definition) is 2. The van der Waals surface area contributed by atoms with Gasteiger partial charge < -0.3 is 9.64 Å². The van der Waals surface area contributed by atoms with Gasteiger partial charge in [-0.2, -0.15) is 0 Å². The lowest BCUT2D eigenvalue weighted by Crippen LogP contribution is -3.13. The highest BCUT2D eigenvalue weighted by Gasteiger charge is 2.45. The summed E-state index contributed by atoms with van der Waals surface area (Å²) >= 11 is 0. The van der Waals surface area contributed by atoms with E-state index >= 15 is 0 Å². The Bertz CT molecular complexity index is 488. The van der Waals surface area contributed by atoms with Gasteiger partial charge in [0, 0.05) is 5.92 Å². The van der Waals surface area contributed by atoms with E-state index in [9.17, 15) is 4.79 Å². The van der Waals surface area contributed by atoms with Crippen LogP contribution in [0.25, 0.3) is 0 Å². The molecule has 0 amide bonds. The second-order valence-corrected chi connectivity index (χ2v) is 7.83. The quantitative estimate of drug-likeness (QED) is 0.627. The number of allylic oxidation sites excluding steroid dienone is 3. The van der Waals surface area contributed by atoms with Gasteiger partial charge in [-0.3, -0.25) is 4.79 Å². The number of carbonyl (C=O) groups is 1. The first-order valence-corrected chi connectivity index (χ1v) is 9.50. The van der Waals surface area contributed by atoms with Crippen molar-refractivity contribution in [3.05, 3.63) is 23.3 Å². The summed E-state index contributed by atoms with van der Waals surface area (Å²) in [6, 6.07) is 0. The van der Waals surface area contributed by atoms with E-state index in [2.05, 4.69) is 26.0 Å². The van der Waals surface area contributed by atoms with Crippen molar-refractivity contribution < 1.29 is 14.4 Å². The van der Waals surface area contributed by atoms with Gasteiger partial charge in [0.1, 0.15) is 12.0 Å². The minimum atomic E-state index is 0.0171. The second-order valence-electron chi connectivity index (χ2n) is 7.83. The maximum absolute atomic E-state index is 12.5. The fourth-order valence-electron chi connectivity index (χ4n) is 4.42. The molecule has 2 heterocycles. The maximum Gasteiger partial charge on any atom is 0.315 e. The number of carbonyl (C=O) groups excluding carboxylic acids is 1. The van der Waals surface area contributed by atoms with Crippen molar-refractivity contribution in [3.8, 4) is 0 Å². The summed E-state index contributed by atoms with van der Waals surface area (Å²) in [7, 11) is 0. The fraction of sp³-hybridized carbons (Fsp3) is 0.750. The Labute approximate surface area is 140 Å². The summed E-state index contributed by atoms with van der Waals surface area (Å²) in [4.78, 5) is 14.1. The van der Waals surface area contributed by atoms with Gasteiger partial charge in [0.25, 0.3) is 0 Å². The van der Waals surface area contributed by atoms with Crippen LogP contribution in [0.15, 0.2) is 23.3 Å². The molecule has 3 atom stereocenters. The molecule has 0 aromatic rings. The van der Waals surface area contributed by atoms with Crippen LogP contribution in [0, 0.1) is 11.8 Å². The fourth-order valence-corrected chi connectivity index (χ4v) is 4.42. The largest absolute Gasteiger partial charge is 0.457 e. The Balaban J connectivity index is 1.73. The summed E-state index contributed by atoms with van der Waals surface area (Å²) in [6.07, 6.45) is 13.0. The Morgan fingerprint density at radius 3 is 2.65 bits per heavy atom. The van der Waals surface area contributed by atoms with Gasteiger partial charge >= 0.3 is 5.97 Å². The van der Waals surface area contributed by atoms with E-state index in [4.69, 9.17) is 4.74 Å². The predicted octanol–water partition coefficient (Wildman–Crippen LogP) is 2.68. The molecule has 0 aromatic carbocycles. The third kappa shape index (κ3) is 4.26. The Hall–Kier alpha value is -1.09. The third-order valence-corrected chi connectivity index (χ3v) is 5.92. The molecular weight excluding hydrogens is 286 g/mol. The summed E-state index contributed by atoms with van der Waals surface area (Å²) < 4.78 is 5.80. The van der Waals surface area contributed by atoms with Gasteiger partial charge in [0.2, 0.25) is 0 Å². The highest BCUT2D eigenvalue weighted by Crippen LogP contribution is 2.34. The van der Waals surface area contributed by atoms with E-state index in [1.165, 1.54) is 43.5 Å². The molecule has 2 aliphatic heterocycles. The first-order valence-electron chi connectivity index (χ1n) is 9.50. The zero-order chi connectivity index (χ0) is 16.2. The summed E-state index contributed by atoms with van der Waals surface area (Å²) in [6.45, 7) is 7.86. The second kappa shape index (κ2) is 7.65. The van der Waals surface area contributed by atoms with E-state index in [-0.39, 0.29) is 18.0 Å². The van der Waals surface area contributed by atoms with Crippen LogP contribution in [0.4, 0.5) is 0 Å². The highest BCUT2D eigenvalue weighted by atomic mass is 16.6. The smallest absolute Gasteiger partial charge is 0.315 e. The highest BCUT2D eigenvalue weighted by molar-refractivity contribution is 5.75. The van der Waals surface area contributed by atoms with Gasteiger partial charge in [0.05, 0.1) is 19.6 Å². The van der Waals surface area contributed by atoms with E-state index in [1.54, 1.807) is 4.90 Å². The molecule has 0 saturated carbocycles. The molecule has 3 nitrogen and oxygen atoms in total. The molecule has 1 aliphatic carbocycles. The molecule has 0 unspecified atom stereocenters. The molecule has 0 radical (unpaired) electrons. The average Bonchev–Trinajstić information content (AvgIpc) is 2.82. The van der Waals surface area contributed by atoms with E-state index in [0.717, 1.165) is 32.2 Å². The molecule has 0 aromatic heterocycles. The molecular formula is C20H32NO2+. The van der Waals surface area contributed by atoms with Crippen LogP contribution in [0.1, 0.15) is 58.8 Å². The molecule has 23 heavy (non-hydrogen) atoms. The topological polar surface area (TPSA) is 30.7 Å². The number of quaternary nitrogens is 1. The molecule has 3 rings (SSSR count). The van der Waals surface area contributed by atoms with E-state index < -0.39 is 0 Å². The van der Waals surface area contributed by atoms with Gasteiger partial charge in [-0.05, 0) is 64.9 Å². The van der Waals surface area contributed by atoms with Crippen molar-refractivity contribution in [2.45, 2.75) is 64.9 Å². The lowest BCUT2D eigenvalue weighted by atomic mass is 9.84. The molecule has 2 fully saturated rings. The minimum absolute atomic E-state index is 0.0171. The molecule has 0 spiro atoms. The number of esters is 1. The SMILES string of the molecule is CC1=CCC[C@H]2[C@H](C=C(C)CC1)OC(=O)[C@@H]2C[NH+]1CCCCC1. The van der Waals surface area contributed by atoms with E-state index in [0.29, 0.717) is 5.92 Å². The van der Waals surface area contributed by atoms with Crippen molar-refractivity contribution in [1.82, 2.24) is 0 Å². The van der Waals surface area contributed by atoms with Crippen molar-refractivity contribution in [1.29, 1.82) is 0 Å². The first kappa shape index (κ1) is 16.8. The van der Waals surface area contributed by atoms with Crippen LogP contribution in [-0.4, -0.2) is 31.7 Å². The van der Waals surface area contributed by atoms with Gasteiger partial charge in [-0.15, -0.1) is 0 Å².